The van der Waals surface area contributed by atoms with Gasteiger partial charge in [-0.05, 0) is 46.3 Å². The van der Waals surface area contributed by atoms with Gasteiger partial charge < -0.3 is 15.2 Å². The van der Waals surface area contributed by atoms with Crippen molar-refractivity contribution in [1.29, 1.82) is 0 Å². The van der Waals surface area contributed by atoms with Crippen molar-refractivity contribution in [3.63, 3.8) is 0 Å². The number of carboxylic acid groups (broad SMARTS) is 1. The number of hydrogen-bond acceptors (Lipinski definition) is 7. The van der Waals surface area contributed by atoms with Crippen LogP contribution in [0.2, 0.25) is 0 Å². The first-order valence-electron chi connectivity index (χ1n) is 8.97. The van der Waals surface area contributed by atoms with E-state index in [0.29, 0.717) is 38.6 Å². The lowest BCUT2D eigenvalue weighted by atomic mass is 10.2. The Morgan fingerprint density at radius 1 is 1.23 bits per heavy atom. The number of halogens is 1. The largest absolute Gasteiger partial charge is 0.486 e. The van der Waals surface area contributed by atoms with Gasteiger partial charge >= 0.3 is 12.0 Å². The van der Waals surface area contributed by atoms with E-state index in [1.165, 1.54) is 11.2 Å². The summed E-state index contributed by atoms with van der Waals surface area (Å²) in [5, 5.41) is 12.6. The van der Waals surface area contributed by atoms with Crippen LogP contribution >= 0.6 is 27.3 Å². The van der Waals surface area contributed by atoms with Gasteiger partial charge in [-0.1, -0.05) is 6.07 Å². The van der Waals surface area contributed by atoms with Gasteiger partial charge in [0.05, 0.1) is 26.9 Å². The molecule has 0 saturated carbocycles. The van der Waals surface area contributed by atoms with Gasteiger partial charge in [-0.15, -0.1) is 11.3 Å². The number of carbonyl (C=O) groups is 2. The van der Waals surface area contributed by atoms with E-state index in [0.717, 1.165) is 17.0 Å². The zero-order chi connectivity index (χ0) is 21.5. The third kappa shape index (κ3) is 3.37. The molecule has 0 atom stereocenters. The van der Waals surface area contributed by atoms with E-state index >= 15 is 0 Å². The maximum atomic E-state index is 12.9. The zero-order valence-corrected chi connectivity index (χ0v) is 18.0. The SMILES string of the molecule is O=C(O)c1sc2ncnc3c2c1NC(=O)N3c1ccc(OCc2ccccn2)c(Br)c1. The molecule has 3 aromatic heterocycles. The summed E-state index contributed by atoms with van der Waals surface area (Å²) in [5.74, 6) is -0.222. The van der Waals surface area contributed by atoms with E-state index in [9.17, 15) is 14.7 Å². The number of carbonyl (C=O) groups excluding carboxylic acids is 1. The Bertz CT molecular complexity index is 1340. The van der Waals surface area contributed by atoms with Crippen LogP contribution in [0.5, 0.6) is 5.75 Å². The van der Waals surface area contributed by atoms with Gasteiger partial charge in [0, 0.05) is 6.20 Å². The first kappa shape index (κ1) is 19.4. The highest BCUT2D eigenvalue weighted by Crippen LogP contribution is 2.45. The number of aromatic carboxylic acids is 1. The second-order valence-corrected chi connectivity index (χ2v) is 8.33. The van der Waals surface area contributed by atoms with Gasteiger partial charge in [0.1, 0.15) is 28.4 Å². The molecule has 1 aromatic carbocycles. The highest BCUT2D eigenvalue weighted by molar-refractivity contribution is 9.10. The number of carboxylic acids is 1. The molecule has 0 unspecified atom stereocenters. The van der Waals surface area contributed by atoms with Crippen LogP contribution in [0.3, 0.4) is 0 Å². The number of nitrogens with zero attached hydrogens (tertiary/aromatic N) is 4. The minimum absolute atomic E-state index is 0.0178. The second-order valence-electron chi connectivity index (χ2n) is 6.48. The first-order valence-corrected chi connectivity index (χ1v) is 10.6. The average molecular weight is 498 g/mol. The number of amides is 2. The Kier molecular flexibility index (Phi) is 4.75. The van der Waals surface area contributed by atoms with E-state index in [1.807, 2.05) is 18.2 Å². The van der Waals surface area contributed by atoms with Gasteiger partial charge in [0.25, 0.3) is 0 Å². The lowest BCUT2D eigenvalue weighted by molar-refractivity contribution is 0.0703. The fraction of sp³-hybridized carbons (Fsp3) is 0.0500. The molecular formula is C20H12BrN5O4S. The normalized spacial score (nSPS) is 12.7. The summed E-state index contributed by atoms with van der Waals surface area (Å²) < 4.78 is 6.46. The molecule has 9 nitrogen and oxygen atoms in total. The number of urea groups is 1. The van der Waals surface area contributed by atoms with Crippen LogP contribution in [0, 0.1) is 0 Å². The van der Waals surface area contributed by atoms with E-state index < -0.39 is 12.0 Å². The molecule has 0 spiro atoms. The summed E-state index contributed by atoms with van der Waals surface area (Å²) in [6.07, 6.45) is 3.01. The Morgan fingerprint density at radius 2 is 2.10 bits per heavy atom. The van der Waals surface area contributed by atoms with Crippen molar-refractivity contribution in [3.05, 3.63) is 64.0 Å². The lowest BCUT2D eigenvalue weighted by Gasteiger charge is -2.27. The highest BCUT2D eigenvalue weighted by atomic mass is 79.9. The molecule has 0 saturated heterocycles. The molecule has 1 aliphatic heterocycles. The number of hydrogen-bond donors (Lipinski definition) is 2. The van der Waals surface area contributed by atoms with Crippen LogP contribution in [-0.2, 0) is 6.61 Å². The topological polar surface area (TPSA) is 118 Å². The Labute approximate surface area is 187 Å². The van der Waals surface area contributed by atoms with Crippen LogP contribution in [0.15, 0.2) is 53.4 Å². The molecule has 0 fully saturated rings. The fourth-order valence-corrected chi connectivity index (χ4v) is 4.65. The van der Waals surface area contributed by atoms with Gasteiger partial charge in [0.2, 0.25) is 0 Å². The van der Waals surface area contributed by atoms with E-state index in [4.69, 9.17) is 4.74 Å². The van der Waals surface area contributed by atoms with Crippen molar-refractivity contribution in [2.45, 2.75) is 6.61 Å². The predicted molar refractivity (Wildman–Crippen MR) is 118 cm³/mol. The molecule has 5 rings (SSSR count). The minimum Gasteiger partial charge on any atom is -0.486 e. The van der Waals surface area contributed by atoms with Crippen molar-refractivity contribution in [3.8, 4) is 5.75 Å². The number of thiophene rings is 1. The van der Waals surface area contributed by atoms with Crippen LogP contribution in [0.25, 0.3) is 10.2 Å². The van der Waals surface area contributed by atoms with Crippen molar-refractivity contribution in [2.75, 3.05) is 10.2 Å². The lowest BCUT2D eigenvalue weighted by Crippen LogP contribution is -2.34. The summed E-state index contributed by atoms with van der Waals surface area (Å²) in [6, 6.07) is 10.3. The zero-order valence-electron chi connectivity index (χ0n) is 15.6. The average Bonchev–Trinajstić information content (AvgIpc) is 3.14. The molecule has 4 heterocycles. The molecule has 31 heavy (non-hydrogen) atoms. The van der Waals surface area contributed by atoms with E-state index in [-0.39, 0.29) is 10.6 Å². The van der Waals surface area contributed by atoms with Gasteiger partial charge in [-0.25, -0.2) is 24.5 Å². The smallest absolute Gasteiger partial charge is 0.348 e. The number of ether oxygens (including phenoxy) is 1. The van der Waals surface area contributed by atoms with Crippen LogP contribution in [-0.4, -0.2) is 32.1 Å². The van der Waals surface area contributed by atoms with Crippen LogP contribution in [0.1, 0.15) is 15.4 Å². The maximum Gasteiger partial charge on any atom is 0.348 e. The summed E-state index contributed by atoms with van der Waals surface area (Å²) in [6.45, 7) is 0.297. The fourth-order valence-electron chi connectivity index (χ4n) is 3.24. The Morgan fingerprint density at radius 3 is 2.84 bits per heavy atom. The maximum absolute atomic E-state index is 12.9. The van der Waals surface area contributed by atoms with E-state index in [2.05, 4.69) is 36.2 Å². The highest BCUT2D eigenvalue weighted by Gasteiger charge is 2.33. The molecule has 2 N–H and O–H groups in total. The Hall–Kier alpha value is -3.57. The summed E-state index contributed by atoms with van der Waals surface area (Å²) >= 11 is 4.48. The van der Waals surface area contributed by atoms with Crippen LogP contribution < -0.4 is 15.0 Å². The minimum atomic E-state index is -1.13. The van der Waals surface area contributed by atoms with Crippen molar-refractivity contribution in [2.24, 2.45) is 0 Å². The van der Waals surface area contributed by atoms with Crippen molar-refractivity contribution >= 4 is 66.7 Å². The third-order valence-electron chi connectivity index (χ3n) is 4.58. The molecular weight excluding hydrogens is 486 g/mol. The van der Waals surface area contributed by atoms with Crippen molar-refractivity contribution in [1.82, 2.24) is 15.0 Å². The molecule has 11 heteroatoms. The summed E-state index contributed by atoms with van der Waals surface area (Å²) in [5.41, 5.74) is 1.54. The monoisotopic (exact) mass is 497 g/mol. The molecule has 4 aromatic rings. The number of aromatic nitrogens is 3. The standard InChI is InChI=1S/C20H12BrN5O4S/c21-12-7-11(4-5-13(12)30-8-10-3-1-2-6-22-10)26-17-14-15(25-20(26)29)16(19(27)28)31-18(14)24-9-23-17/h1-7,9H,8H2,(H,25,29)(H,27,28). The predicted octanol–water partition coefficient (Wildman–Crippen LogP) is 4.81. The summed E-state index contributed by atoms with van der Waals surface area (Å²) in [4.78, 5) is 39.0. The molecule has 154 valence electrons. The summed E-state index contributed by atoms with van der Waals surface area (Å²) in [7, 11) is 0. The number of nitrogens with one attached hydrogen (secondary N) is 1. The molecule has 1 aliphatic rings. The molecule has 0 bridgehead atoms. The van der Waals surface area contributed by atoms with Crippen LogP contribution in [0.4, 0.5) is 22.0 Å². The Balaban J connectivity index is 1.51. The van der Waals surface area contributed by atoms with Gasteiger partial charge in [-0.3, -0.25) is 4.98 Å². The number of benzene rings is 1. The second kappa shape index (κ2) is 7.60. The van der Waals surface area contributed by atoms with Gasteiger partial charge in [-0.2, -0.15) is 0 Å². The first-order chi connectivity index (χ1) is 15.0. The molecule has 0 radical (unpaired) electrons. The third-order valence-corrected chi connectivity index (χ3v) is 6.29. The number of anilines is 3. The van der Waals surface area contributed by atoms with Gasteiger partial charge in [0.15, 0.2) is 5.82 Å². The molecule has 2 amide bonds. The number of pyridine rings is 1. The number of rotatable bonds is 5. The van der Waals surface area contributed by atoms with Crippen molar-refractivity contribution < 1.29 is 19.4 Å². The van der Waals surface area contributed by atoms with E-state index in [1.54, 1.807) is 24.4 Å². The quantitative estimate of drug-likeness (QED) is 0.406. The molecule has 0 aliphatic carbocycles.